The summed E-state index contributed by atoms with van der Waals surface area (Å²) >= 11 is 6.09. The number of anilines is 1. The van der Waals surface area contributed by atoms with Crippen molar-refractivity contribution in [3.8, 4) is 5.75 Å². The molecule has 1 fully saturated rings. The third kappa shape index (κ3) is 4.17. The van der Waals surface area contributed by atoms with E-state index < -0.39 is 0 Å². The van der Waals surface area contributed by atoms with E-state index in [9.17, 15) is 9.59 Å². The van der Waals surface area contributed by atoms with E-state index in [2.05, 4.69) is 5.32 Å². The first kappa shape index (κ1) is 18.3. The van der Waals surface area contributed by atoms with Crippen LogP contribution < -0.4 is 10.1 Å². The smallest absolute Gasteiger partial charge is 0.253 e. The van der Waals surface area contributed by atoms with Crippen molar-refractivity contribution in [2.24, 2.45) is 5.92 Å². The molecule has 1 N–H and O–H groups in total. The van der Waals surface area contributed by atoms with Gasteiger partial charge in [0.2, 0.25) is 5.91 Å². The average Bonchev–Trinajstić information content (AvgIpc) is 2.68. The molecule has 1 saturated heterocycles. The fraction of sp³-hybridized carbons (Fsp3) is 0.300. The molecule has 5 nitrogen and oxygen atoms in total. The molecule has 0 atom stereocenters. The second-order valence-electron chi connectivity index (χ2n) is 6.27. The molecule has 0 bridgehead atoms. The van der Waals surface area contributed by atoms with Gasteiger partial charge in [-0.3, -0.25) is 9.59 Å². The number of nitrogens with one attached hydrogen (secondary N) is 1. The molecular weight excluding hydrogens is 352 g/mol. The molecule has 0 saturated carbocycles. The van der Waals surface area contributed by atoms with Gasteiger partial charge in [-0.1, -0.05) is 29.8 Å². The predicted molar refractivity (Wildman–Crippen MR) is 102 cm³/mol. The molecule has 0 unspecified atom stereocenters. The number of piperidine rings is 1. The lowest BCUT2D eigenvalue weighted by Gasteiger charge is -2.31. The van der Waals surface area contributed by atoms with Gasteiger partial charge in [0, 0.05) is 30.3 Å². The lowest BCUT2D eigenvalue weighted by molar-refractivity contribution is -0.121. The Morgan fingerprint density at radius 1 is 1.12 bits per heavy atom. The van der Waals surface area contributed by atoms with Crippen LogP contribution in [0.2, 0.25) is 5.02 Å². The normalized spacial score (nSPS) is 14.8. The number of nitrogens with zero attached hydrogens (tertiary/aromatic N) is 1. The number of rotatable bonds is 4. The quantitative estimate of drug-likeness (QED) is 0.887. The van der Waals surface area contributed by atoms with Crippen LogP contribution in [0, 0.1) is 5.92 Å². The van der Waals surface area contributed by atoms with Crippen LogP contribution >= 0.6 is 11.6 Å². The number of carbonyl (C=O) groups is 2. The number of halogens is 1. The molecule has 0 radical (unpaired) electrons. The van der Waals surface area contributed by atoms with Crippen LogP contribution in [0.1, 0.15) is 23.2 Å². The van der Waals surface area contributed by atoms with Gasteiger partial charge in [-0.05, 0) is 43.2 Å². The van der Waals surface area contributed by atoms with Crippen molar-refractivity contribution in [1.82, 2.24) is 4.90 Å². The van der Waals surface area contributed by atoms with Crippen LogP contribution in [0.5, 0.6) is 5.75 Å². The Kier molecular flexibility index (Phi) is 5.78. The second kappa shape index (κ2) is 8.23. The van der Waals surface area contributed by atoms with Gasteiger partial charge in [-0.15, -0.1) is 0 Å². The van der Waals surface area contributed by atoms with Crippen LogP contribution in [-0.4, -0.2) is 36.9 Å². The Bertz CT molecular complexity index is 787. The summed E-state index contributed by atoms with van der Waals surface area (Å²) in [7, 11) is 1.55. The number of likely N-dealkylation sites (tertiary alicyclic amines) is 1. The van der Waals surface area contributed by atoms with Crippen molar-refractivity contribution < 1.29 is 14.3 Å². The maximum atomic E-state index is 12.5. The molecule has 1 aliphatic heterocycles. The fourth-order valence-electron chi connectivity index (χ4n) is 3.10. The Morgan fingerprint density at radius 2 is 1.81 bits per heavy atom. The van der Waals surface area contributed by atoms with Crippen LogP contribution in [-0.2, 0) is 4.79 Å². The number of benzene rings is 2. The molecule has 26 heavy (non-hydrogen) atoms. The monoisotopic (exact) mass is 372 g/mol. The standard InChI is InChI=1S/C20H21ClN2O3/c1-26-18-8-7-16(13-17(18)21)22-19(24)14-9-11-23(12-10-14)20(25)15-5-3-2-4-6-15/h2-8,13-14H,9-12H2,1H3,(H,22,24). The maximum absolute atomic E-state index is 12.5. The van der Waals surface area contributed by atoms with E-state index in [-0.39, 0.29) is 17.7 Å². The summed E-state index contributed by atoms with van der Waals surface area (Å²) in [5, 5.41) is 3.35. The lowest BCUT2D eigenvalue weighted by atomic mass is 9.95. The van der Waals surface area contributed by atoms with Crippen molar-refractivity contribution in [2.75, 3.05) is 25.5 Å². The Balaban J connectivity index is 1.55. The maximum Gasteiger partial charge on any atom is 0.253 e. The van der Waals surface area contributed by atoms with Crippen LogP contribution in [0.3, 0.4) is 0 Å². The lowest BCUT2D eigenvalue weighted by Crippen LogP contribution is -2.41. The van der Waals surface area contributed by atoms with Gasteiger partial charge in [-0.25, -0.2) is 0 Å². The highest BCUT2D eigenvalue weighted by Gasteiger charge is 2.27. The number of methoxy groups -OCH3 is 1. The van der Waals surface area contributed by atoms with E-state index in [0.29, 0.717) is 48.0 Å². The topological polar surface area (TPSA) is 58.6 Å². The first-order valence-corrected chi connectivity index (χ1v) is 8.95. The third-order valence-corrected chi connectivity index (χ3v) is 4.89. The molecule has 0 aliphatic carbocycles. The Hall–Kier alpha value is -2.53. The highest BCUT2D eigenvalue weighted by Crippen LogP contribution is 2.28. The SMILES string of the molecule is COc1ccc(NC(=O)C2CCN(C(=O)c3ccccc3)CC2)cc1Cl. The van der Waals surface area contributed by atoms with Gasteiger partial charge in [0.15, 0.2) is 0 Å². The molecule has 6 heteroatoms. The van der Waals surface area contributed by atoms with Gasteiger partial charge in [-0.2, -0.15) is 0 Å². The van der Waals surface area contributed by atoms with Gasteiger partial charge < -0.3 is 15.0 Å². The number of hydrogen-bond donors (Lipinski definition) is 1. The first-order valence-electron chi connectivity index (χ1n) is 8.57. The highest BCUT2D eigenvalue weighted by molar-refractivity contribution is 6.32. The van der Waals surface area contributed by atoms with E-state index >= 15 is 0 Å². The van der Waals surface area contributed by atoms with Crippen molar-refractivity contribution in [3.05, 3.63) is 59.1 Å². The van der Waals surface area contributed by atoms with Crippen LogP contribution in [0.4, 0.5) is 5.69 Å². The minimum Gasteiger partial charge on any atom is -0.495 e. The van der Waals surface area contributed by atoms with Gasteiger partial charge in [0.05, 0.1) is 12.1 Å². The van der Waals surface area contributed by atoms with Crippen LogP contribution in [0.25, 0.3) is 0 Å². The summed E-state index contributed by atoms with van der Waals surface area (Å²) in [6, 6.07) is 14.4. The molecule has 2 aromatic rings. The molecule has 0 spiro atoms. The van der Waals surface area contributed by atoms with E-state index in [1.807, 2.05) is 35.2 Å². The summed E-state index contributed by atoms with van der Waals surface area (Å²) in [4.78, 5) is 26.8. The molecule has 1 aliphatic rings. The van der Waals surface area contributed by atoms with Gasteiger partial charge in [0.1, 0.15) is 5.75 Å². The summed E-state index contributed by atoms with van der Waals surface area (Å²) in [5.74, 6) is 0.428. The summed E-state index contributed by atoms with van der Waals surface area (Å²) in [6.45, 7) is 1.16. The second-order valence-corrected chi connectivity index (χ2v) is 6.68. The predicted octanol–water partition coefficient (Wildman–Crippen LogP) is 3.84. The number of hydrogen-bond acceptors (Lipinski definition) is 3. The molecule has 136 valence electrons. The minimum absolute atomic E-state index is 0.0198. The summed E-state index contributed by atoms with van der Waals surface area (Å²) in [6.07, 6.45) is 1.29. The molecule has 2 amide bonds. The zero-order valence-corrected chi connectivity index (χ0v) is 15.3. The molecule has 0 aromatic heterocycles. The zero-order valence-electron chi connectivity index (χ0n) is 14.6. The van der Waals surface area contributed by atoms with E-state index in [1.165, 1.54) is 0 Å². The van der Waals surface area contributed by atoms with E-state index in [0.717, 1.165) is 0 Å². The van der Waals surface area contributed by atoms with E-state index in [4.69, 9.17) is 16.3 Å². The number of carbonyl (C=O) groups excluding carboxylic acids is 2. The van der Waals surface area contributed by atoms with Crippen molar-refractivity contribution in [1.29, 1.82) is 0 Å². The molecular formula is C20H21ClN2O3. The molecule has 3 rings (SSSR count). The van der Waals surface area contributed by atoms with Gasteiger partial charge in [0.25, 0.3) is 5.91 Å². The Labute approximate surface area is 157 Å². The first-order chi connectivity index (χ1) is 12.6. The molecule has 1 heterocycles. The molecule has 2 aromatic carbocycles. The van der Waals surface area contributed by atoms with E-state index in [1.54, 1.807) is 25.3 Å². The fourth-order valence-corrected chi connectivity index (χ4v) is 3.35. The number of ether oxygens (including phenoxy) is 1. The van der Waals surface area contributed by atoms with Crippen molar-refractivity contribution in [3.63, 3.8) is 0 Å². The summed E-state index contributed by atoms with van der Waals surface area (Å²) < 4.78 is 5.11. The zero-order chi connectivity index (χ0) is 18.5. The largest absolute Gasteiger partial charge is 0.495 e. The summed E-state index contributed by atoms with van der Waals surface area (Å²) in [5.41, 5.74) is 1.33. The third-order valence-electron chi connectivity index (χ3n) is 4.59. The minimum atomic E-state index is -0.115. The highest BCUT2D eigenvalue weighted by atomic mass is 35.5. The van der Waals surface area contributed by atoms with Gasteiger partial charge >= 0.3 is 0 Å². The number of amides is 2. The van der Waals surface area contributed by atoms with Crippen molar-refractivity contribution in [2.45, 2.75) is 12.8 Å². The Morgan fingerprint density at radius 3 is 2.42 bits per heavy atom. The average molecular weight is 373 g/mol. The van der Waals surface area contributed by atoms with Crippen LogP contribution in [0.15, 0.2) is 48.5 Å². The van der Waals surface area contributed by atoms with Crippen molar-refractivity contribution >= 4 is 29.1 Å².